The van der Waals surface area contributed by atoms with Gasteiger partial charge < -0.3 is 5.32 Å². The third-order valence-electron chi connectivity index (χ3n) is 3.22. The molecule has 0 atom stereocenters. The van der Waals surface area contributed by atoms with Gasteiger partial charge in [-0.3, -0.25) is 4.79 Å². The maximum Gasteiger partial charge on any atom is 0.248 e. The van der Waals surface area contributed by atoms with Crippen molar-refractivity contribution in [3.63, 3.8) is 0 Å². The van der Waals surface area contributed by atoms with Crippen molar-refractivity contribution in [2.45, 2.75) is 13.8 Å². The standard InChI is InChI=1S/C17H16N4O/c1-12-10-15(11-21-17(12)18-13(2)20-21)19-16(22)9-8-14-6-4-3-5-7-14/h3-11H,1-2H3,(H,19,22)/b9-8+. The molecule has 3 aromatic rings. The molecule has 5 nitrogen and oxygen atoms in total. The van der Waals surface area contributed by atoms with Crippen LogP contribution in [-0.2, 0) is 4.79 Å². The Bertz CT molecular complexity index is 850. The number of fused-ring (bicyclic) bond motifs is 1. The van der Waals surface area contributed by atoms with Gasteiger partial charge >= 0.3 is 0 Å². The predicted molar refractivity (Wildman–Crippen MR) is 86.6 cm³/mol. The summed E-state index contributed by atoms with van der Waals surface area (Å²) in [5.41, 5.74) is 3.44. The molecule has 0 fully saturated rings. The molecular formula is C17H16N4O. The van der Waals surface area contributed by atoms with Gasteiger partial charge in [-0.1, -0.05) is 30.3 Å². The molecule has 0 radical (unpaired) electrons. The van der Waals surface area contributed by atoms with Gasteiger partial charge in [0.1, 0.15) is 5.82 Å². The zero-order valence-electron chi connectivity index (χ0n) is 12.4. The minimum atomic E-state index is -0.181. The molecule has 1 N–H and O–H groups in total. The first-order chi connectivity index (χ1) is 10.6. The lowest BCUT2D eigenvalue weighted by atomic mass is 10.2. The lowest BCUT2D eigenvalue weighted by Crippen LogP contribution is -2.09. The third-order valence-corrected chi connectivity index (χ3v) is 3.22. The summed E-state index contributed by atoms with van der Waals surface area (Å²) in [7, 11) is 0. The zero-order chi connectivity index (χ0) is 15.5. The van der Waals surface area contributed by atoms with E-state index in [-0.39, 0.29) is 5.91 Å². The van der Waals surface area contributed by atoms with Gasteiger partial charge in [0, 0.05) is 6.08 Å². The molecule has 0 unspecified atom stereocenters. The molecule has 0 aliphatic carbocycles. The normalized spacial score (nSPS) is 11.2. The van der Waals surface area contributed by atoms with Crippen LogP contribution < -0.4 is 5.32 Å². The Balaban J connectivity index is 1.78. The number of amides is 1. The van der Waals surface area contributed by atoms with Crippen LogP contribution in [0.2, 0.25) is 0 Å². The first kappa shape index (κ1) is 14.0. The summed E-state index contributed by atoms with van der Waals surface area (Å²) >= 11 is 0. The molecule has 0 aliphatic heterocycles. The van der Waals surface area contributed by atoms with E-state index in [2.05, 4.69) is 15.4 Å². The van der Waals surface area contributed by atoms with E-state index in [1.165, 1.54) is 6.08 Å². The van der Waals surface area contributed by atoms with Crippen LogP contribution in [0.4, 0.5) is 5.69 Å². The van der Waals surface area contributed by atoms with Gasteiger partial charge in [-0.25, -0.2) is 9.50 Å². The van der Waals surface area contributed by atoms with Crippen LogP contribution in [0.5, 0.6) is 0 Å². The largest absolute Gasteiger partial charge is 0.321 e. The van der Waals surface area contributed by atoms with Gasteiger partial charge in [-0.15, -0.1) is 0 Å². The van der Waals surface area contributed by atoms with Gasteiger partial charge in [0.25, 0.3) is 0 Å². The smallest absolute Gasteiger partial charge is 0.248 e. The quantitative estimate of drug-likeness (QED) is 0.755. The SMILES string of the molecule is Cc1nc2c(C)cc(NC(=O)/C=C/c3ccccc3)cn2n1. The summed E-state index contributed by atoms with van der Waals surface area (Å²) in [5.74, 6) is 0.523. The van der Waals surface area contributed by atoms with Crippen LogP contribution >= 0.6 is 0 Å². The van der Waals surface area contributed by atoms with Crippen LogP contribution in [0.15, 0.2) is 48.7 Å². The number of nitrogens with zero attached hydrogens (tertiary/aromatic N) is 3. The molecule has 2 aromatic heterocycles. The lowest BCUT2D eigenvalue weighted by Gasteiger charge is -2.04. The molecule has 3 rings (SSSR count). The Morgan fingerprint density at radius 1 is 1.23 bits per heavy atom. The Morgan fingerprint density at radius 2 is 2.00 bits per heavy atom. The predicted octanol–water partition coefficient (Wildman–Crippen LogP) is 3.00. The topological polar surface area (TPSA) is 59.3 Å². The summed E-state index contributed by atoms with van der Waals surface area (Å²) < 4.78 is 1.68. The fourth-order valence-electron chi connectivity index (χ4n) is 2.24. The Morgan fingerprint density at radius 3 is 2.77 bits per heavy atom. The number of hydrogen-bond acceptors (Lipinski definition) is 3. The summed E-state index contributed by atoms with van der Waals surface area (Å²) in [4.78, 5) is 16.3. The number of hydrogen-bond donors (Lipinski definition) is 1. The summed E-state index contributed by atoms with van der Waals surface area (Å²) in [6, 6.07) is 11.6. The van der Waals surface area contributed by atoms with E-state index in [1.54, 1.807) is 16.8 Å². The number of anilines is 1. The second-order valence-electron chi connectivity index (χ2n) is 5.07. The van der Waals surface area contributed by atoms with Crippen LogP contribution in [0.3, 0.4) is 0 Å². The van der Waals surface area contributed by atoms with Gasteiger partial charge in [-0.05, 0) is 37.1 Å². The van der Waals surface area contributed by atoms with Crippen LogP contribution in [-0.4, -0.2) is 20.5 Å². The van der Waals surface area contributed by atoms with Crippen LogP contribution in [0.25, 0.3) is 11.7 Å². The Kier molecular flexibility index (Phi) is 3.70. The van der Waals surface area contributed by atoms with Crippen LogP contribution in [0, 0.1) is 13.8 Å². The summed E-state index contributed by atoms with van der Waals surface area (Å²) in [6.45, 7) is 3.78. The molecule has 22 heavy (non-hydrogen) atoms. The van der Waals surface area contributed by atoms with E-state index in [4.69, 9.17) is 0 Å². The highest BCUT2D eigenvalue weighted by Crippen LogP contribution is 2.15. The van der Waals surface area contributed by atoms with Crippen molar-refractivity contribution in [2.75, 3.05) is 5.32 Å². The van der Waals surface area contributed by atoms with E-state index in [0.29, 0.717) is 11.5 Å². The van der Waals surface area contributed by atoms with E-state index in [9.17, 15) is 4.79 Å². The molecule has 0 saturated heterocycles. The lowest BCUT2D eigenvalue weighted by molar-refractivity contribution is -0.111. The maximum absolute atomic E-state index is 12.0. The highest BCUT2D eigenvalue weighted by atomic mass is 16.1. The van der Waals surface area contributed by atoms with Crippen LogP contribution in [0.1, 0.15) is 17.0 Å². The van der Waals surface area contributed by atoms with Gasteiger partial charge in [0.05, 0.1) is 11.9 Å². The molecule has 0 spiro atoms. The highest BCUT2D eigenvalue weighted by Gasteiger charge is 2.06. The van der Waals surface area contributed by atoms with Crippen molar-refractivity contribution < 1.29 is 4.79 Å². The van der Waals surface area contributed by atoms with Crippen molar-refractivity contribution in [3.05, 3.63) is 65.6 Å². The van der Waals surface area contributed by atoms with E-state index in [0.717, 1.165) is 16.8 Å². The third kappa shape index (κ3) is 3.03. The number of aromatic nitrogens is 3. The minimum absolute atomic E-state index is 0.181. The number of carbonyl (C=O) groups is 1. The average molecular weight is 292 g/mol. The zero-order valence-corrected chi connectivity index (χ0v) is 12.4. The fourth-order valence-corrected chi connectivity index (χ4v) is 2.24. The molecule has 1 amide bonds. The minimum Gasteiger partial charge on any atom is -0.321 e. The Labute approximate surface area is 128 Å². The van der Waals surface area contributed by atoms with E-state index >= 15 is 0 Å². The molecule has 2 heterocycles. The van der Waals surface area contributed by atoms with Crippen molar-refractivity contribution in [1.82, 2.24) is 14.6 Å². The monoisotopic (exact) mass is 292 g/mol. The number of nitrogens with one attached hydrogen (secondary N) is 1. The number of carbonyl (C=O) groups excluding carboxylic acids is 1. The van der Waals surface area contributed by atoms with Crippen molar-refractivity contribution >= 4 is 23.3 Å². The first-order valence-electron chi connectivity index (χ1n) is 6.99. The molecule has 0 aliphatic rings. The molecular weight excluding hydrogens is 276 g/mol. The molecule has 0 bridgehead atoms. The average Bonchev–Trinajstić information content (AvgIpc) is 2.87. The first-order valence-corrected chi connectivity index (χ1v) is 6.99. The number of benzene rings is 1. The van der Waals surface area contributed by atoms with Crippen molar-refractivity contribution in [2.24, 2.45) is 0 Å². The van der Waals surface area contributed by atoms with Gasteiger partial charge in [-0.2, -0.15) is 5.10 Å². The van der Waals surface area contributed by atoms with Crippen molar-refractivity contribution in [1.29, 1.82) is 0 Å². The maximum atomic E-state index is 12.0. The number of pyridine rings is 1. The van der Waals surface area contributed by atoms with Gasteiger partial charge in [0.2, 0.25) is 5.91 Å². The molecule has 5 heteroatoms. The fraction of sp³-hybridized carbons (Fsp3) is 0.118. The second-order valence-corrected chi connectivity index (χ2v) is 5.07. The van der Waals surface area contributed by atoms with Crippen molar-refractivity contribution in [3.8, 4) is 0 Å². The molecule has 110 valence electrons. The second kappa shape index (κ2) is 5.81. The number of aryl methyl sites for hydroxylation is 2. The van der Waals surface area contributed by atoms with E-state index < -0.39 is 0 Å². The summed E-state index contributed by atoms with van der Waals surface area (Å²) in [5, 5.41) is 7.11. The van der Waals surface area contributed by atoms with Gasteiger partial charge in [0.15, 0.2) is 5.65 Å². The highest BCUT2D eigenvalue weighted by molar-refractivity contribution is 6.01. The van der Waals surface area contributed by atoms with E-state index in [1.807, 2.05) is 50.2 Å². The summed E-state index contributed by atoms with van der Waals surface area (Å²) in [6.07, 6.45) is 5.05. The molecule has 1 aromatic carbocycles. The number of rotatable bonds is 3. The molecule has 0 saturated carbocycles. The Hall–Kier alpha value is -2.95.